The lowest BCUT2D eigenvalue weighted by Crippen LogP contribution is -2.21. The first-order valence-electron chi connectivity index (χ1n) is 7.36. The van der Waals surface area contributed by atoms with E-state index in [1.807, 2.05) is 0 Å². The fourth-order valence-corrected chi connectivity index (χ4v) is 1.77. The van der Waals surface area contributed by atoms with Crippen LogP contribution < -0.4 is 11.5 Å². The summed E-state index contributed by atoms with van der Waals surface area (Å²) in [5, 5.41) is 0. The van der Waals surface area contributed by atoms with E-state index in [1.54, 1.807) is 76.7 Å². The molecule has 24 heavy (non-hydrogen) atoms. The number of nitrogens with zero attached hydrogens (tertiary/aromatic N) is 2. The second kappa shape index (κ2) is 8.57. The zero-order chi connectivity index (χ0) is 18.3. The van der Waals surface area contributed by atoms with Crippen LogP contribution in [0.3, 0.4) is 0 Å². The molecular weight excluding hydrogens is 304 g/mol. The van der Waals surface area contributed by atoms with Crippen molar-refractivity contribution in [1.29, 1.82) is 0 Å². The molecule has 6 nitrogen and oxygen atoms in total. The molecule has 0 unspecified atom stereocenters. The van der Waals surface area contributed by atoms with Crippen LogP contribution in [-0.2, 0) is 0 Å². The van der Waals surface area contributed by atoms with Gasteiger partial charge in [-0.05, 0) is 48.5 Å². The molecule has 2 aromatic rings. The minimum atomic E-state index is -0.00463. The Morgan fingerprint density at radius 3 is 1.08 bits per heavy atom. The smallest absolute Gasteiger partial charge is 0.253 e. The zero-order valence-corrected chi connectivity index (χ0v) is 14.5. The molecule has 0 radical (unpaired) electrons. The fraction of sp³-hybridized carbons (Fsp3) is 0.222. The molecule has 0 atom stereocenters. The number of rotatable bonds is 2. The molecule has 0 aliphatic carbocycles. The van der Waals surface area contributed by atoms with Crippen molar-refractivity contribution in [3.63, 3.8) is 0 Å². The number of benzene rings is 2. The Morgan fingerprint density at radius 1 is 0.625 bits per heavy atom. The van der Waals surface area contributed by atoms with E-state index >= 15 is 0 Å². The molecule has 2 aromatic carbocycles. The number of amides is 2. The minimum absolute atomic E-state index is 0.00463. The van der Waals surface area contributed by atoms with Crippen molar-refractivity contribution < 1.29 is 9.59 Å². The third kappa shape index (κ3) is 5.64. The number of nitrogens with two attached hydrogens (primary N) is 2. The summed E-state index contributed by atoms with van der Waals surface area (Å²) in [7, 11) is 6.88. The summed E-state index contributed by atoms with van der Waals surface area (Å²) < 4.78 is 0. The summed E-state index contributed by atoms with van der Waals surface area (Å²) in [6.45, 7) is 0. The van der Waals surface area contributed by atoms with Gasteiger partial charge in [-0.1, -0.05) is 0 Å². The molecule has 0 heterocycles. The number of carbonyl (C=O) groups is 2. The van der Waals surface area contributed by atoms with Crippen LogP contribution in [0.2, 0.25) is 0 Å². The molecular formula is C18H24N4O2. The highest BCUT2D eigenvalue weighted by Gasteiger charge is 2.06. The van der Waals surface area contributed by atoms with Gasteiger partial charge >= 0.3 is 0 Å². The van der Waals surface area contributed by atoms with Crippen LogP contribution in [0.4, 0.5) is 11.4 Å². The highest BCUT2D eigenvalue weighted by molar-refractivity contribution is 5.94. The van der Waals surface area contributed by atoms with Crippen molar-refractivity contribution in [2.24, 2.45) is 0 Å². The van der Waals surface area contributed by atoms with Gasteiger partial charge in [0.05, 0.1) is 0 Å². The maximum absolute atomic E-state index is 11.3. The van der Waals surface area contributed by atoms with Gasteiger partial charge in [0.25, 0.3) is 11.8 Å². The van der Waals surface area contributed by atoms with Crippen LogP contribution in [0.1, 0.15) is 20.7 Å². The largest absolute Gasteiger partial charge is 0.399 e. The first-order chi connectivity index (χ1) is 11.2. The normalized spacial score (nSPS) is 9.50. The monoisotopic (exact) mass is 328 g/mol. The molecule has 0 saturated heterocycles. The Labute approximate surface area is 142 Å². The second-order valence-corrected chi connectivity index (χ2v) is 5.64. The maximum atomic E-state index is 11.3. The van der Waals surface area contributed by atoms with Gasteiger partial charge in [0.15, 0.2) is 0 Å². The van der Waals surface area contributed by atoms with Crippen molar-refractivity contribution in [2.75, 3.05) is 39.7 Å². The van der Waals surface area contributed by atoms with Gasteiger partial charge in [0.1, 0.15) is 0 Å². The third-order valence-electron chi connectivity index (χ3n) is 3.13. The summed E-state index contributed by atoms with van der Waals surface area (Å²) >= 11 is 0. The Morgan fingerprint density at radius 2 is 0.875 bits per heavy atom. The van der Waals surface area contributed by atoms with Gasteiger partial charge in [0, 0.05) is 50.7 Å². The molecule has 0 aliphatic rings. The van der Waals surface area contributed by atoms with Gasteiger partial charge in [-0.25, -0.2) is 0 Å². The van der Waals surface area contributed by atoms with Crippen LogP contribution >= 0.6 is 0 Å². The van der Waals surface area contributed by atoms with Crippen molar-refractivity contribution >= 4 is 23.2 Å². The summed E-state index contributed by atoms with van der Waals surface area (Å²) in [6.07, 6.45) is 0. The van der Waals surface area contributed by atoms with Crippen molar-refractivity contribution in [2.45, 2.75) is 0 Å². The van der Waals surface area contributed by atoms with Crippen LogP contribution in [0, 0.1) is 0 Å². The van der Waals surface area contributed by atoms with Crippen LogP contribution in [0.15, 0.2) is 48.5 Å². The van der Waals surface area contributed by atoms with Crippen molar-refractivity contribution in [1.82, 2.24) is 9.80 Å². The SMILES string of the molecule is CN(C)C(=O)c1ccc(N)cc1.CN(C)C(=O)c1ccc(N)cc1. The summed E-state index contributed by atoms with van der Waals surface area (Å²) in [6, 6.07) is 13.8. The number of hydrogen-bond acceptors (Lipinski definition) is 4. The first kappa shape index (κ1) is 19.0. The van der Waals surface area contributed by atoms with Crippen LogP contribution in [-0.4, -0.2) is 49.8 Å². The molecule has 0 bridgehead atoms. The lowest BCUT2D eigenvalue weighted by atomic mass is 10.2. The van der Waals surface area contributed by atoms with E-state index in [4.69, 9.17) is 11.5 Å². The van der Waals surface area contributed by atoms with Crippen LogP contribution in [0.5, 0.6) is 0 Å². The van der Waals surface area contributed by atoms with E-state index in [2.05, 4.69) is 0 Å². The molecule has 6 heteroatoms. The van der Waals surface area contributed by atoms with E-state index in [9.17, 15) is 9.59 Å². The molecule has 0 aliphatic heterocycles. The molecule has 2 amide bonds. The van der Waals surface area contributed by atoms with Gasteiger partial charge in [0.2, 0.25) is 0 Å². The predicted octanol–water partition coefficient (Wildman–Crippen LogP) is 1.94. The highest BCUT2D eigenvalue weighted by Crippen LogP contribution is 2.07. The van der Waals surface area contributed by atoms with E-state index in [0.717, 1.165) is 0 Å². The quantitative estimate of drug-likeness (QED) is 0.824. The maximum Gasteiger partial charge on any atom is 0.253 e. The molecule has 2 rings (SSSR count). The number of hydrogen-bond donors (Lipinski definition) is 2. The van der Waals surface area contributed by atoms with Crippen LogP contribution in [0.25, 0.3) is 0 Å². The fourth-order valence-electron chi connectivity index (χ4n) is 1.77. The van der Waals surface area contributed by atoms with E-state index in [0.29, 0.717) is 22.5 Å². The molecule has 0 saturated carbocycles. The third-order valence-corrected chi connectivity index (χ3v) is 3.13. The Balaban J connectivity index is 0.000000240. The molecule has 128 valence electrons. The molecule has 0 spiro atoms. The van der Waals surface area contributed by atoms with E-state index in [1.165, 1.54) is 9.80 Å². The highest BCUT2D eigenvalue weighted by atomic mass is 16.2. The molecule has 0 fully saturated rings. The first-order valence-corrected chi connectivity index (χ1v) is 7.36. The average molecular weight is 328 g/mol. The van der Waals surface area contributed by atoms with Gasteiger partial charge in [-0.3, -0.25) is 9.59 Å². The number of anilines is 2. The Kier molecular flexibility index (Phi) is 6.79. The van der Waals surface area contributed by atoms with Crippen molar-refractivity contribution in [3.8, 4) is 0 Å². The number of carbonyl (C=O) groups excluding carboxylic acids is 2. The zero-order valence-electron chi connectivity index (χ0n) is 14.5. The summed E-state index contributed by atoms with van der Waals surface area (Å²) in [5.74, 6) is -0.00926. The van der Waals surface area contributed by atoms with Gasteiger partial charge < -0.3 is 21.3 Å². The topological polar surface area (TPSA) is 92.7 Å². The summed E-state index contributed by atoms with van der Waals surface area (Å²) in [5.41, 5.74) is 13.6. The minimum Gasteiger partial charge on any atom is -0.399 e. The lowest BCUT2D eigenvalue weighted by Gasteiger charge is -2.09. The molecule has 0 aromatic heterocycles. The molecule has 4 N–H and O–H groups in total. The van der Waals surface area contributed by atoms with Gasteiger partial charge in [-0.2, -0.15) is 0 Å². The Hall–Kier alpha value is -3.02. The lowest BCUT2D eigenvalue weighted by molar-refractivity contribution is 0.0820. The van der Waals surface area contributed by atoms with E-state index in [-0.39, 0.29) is 11.8 Å². The summed E-state index contributed by atoms with van der Waals surface area (Å²) in [4.78, 5) is 25.7. The predicted molar refractivity (Wildman–Crippen MR) is 97.7 cm³/mol. The standard InChI is InChI=1S/2C9H12N2O/c2*1-11(2)9(12)7-3-5-8(10)6-4-7/h2*3-6H,10H2,1-2H3. The van der Waals surface area contributed by atoms with E-state index < -0.39 is 0 Å². The average Bonchev–Trinajstić information content (AvgIpc) is 2.55. The Bertz CT molecular complexity index is 616. The number of nitrogen functional groups attached to an aromatic ring is 2. The van der Waals surface area contributed by atoms with Gasteiger partial charge in [-0.15, -0.1) is 0 Å². The second-order valence-electron chi connectivity index (χ2n) is 5.64. The van der Waals surface area contributed by atoms with Crippen molar-refractivity contribution in [3.05, 3.63) is 59.7 Å².